The Balaban J connectivity index is 2.00. The molecule has 2 atom stereocenters. The number of hydrogen-bond acceptors (Lipinski definition) is 4. The number of carbonyl (C=O) groups is 2. The minimum atomic E-state index is -0.482. The minimum absolute atomic E-state index is 0.0234. The molecular weight excluding hydrogens is 282 g/mol. The number of nitrogens with one attached hydrogen (secondary N) is 1. The number of anilines is 1. The molecule has 1 aromatic rings. The second kappa shape index (κ2) is 4.90. The number of hydrogen-bond donors (Lipinski definition) is 1. The maximum absolute atomic E-state index is 11.9. The molecule has 0 radical (unpaired) electrons. The van der Waals surface area contributed by atoms with E-state index < -0.39 is 6.09 Å². The number of fused-ring (bicyclic) bond motifs is 3. The Kier molecular flexibility index (Phi) is 3.27. The molecule has 6 nitrogen and oxygen atoms in total. The van der Waals surface area contributed by atoms with Crippen molar-refractivity contribution in [1.29, 1.82) is 0 Å². The van der Waals surface area contributed by atoms with E-state index in [9.17, 15) is 9.59 Å². The average molecular weight is 303 g/mol. The summed E-state index contributed by atoms with van der Waals surface area (Å²) in [7, 11) is 3.54. The highest BCUT2D eigenvalue weighted by Gasteiger charge is 2.54. The summed E-state index contributed by atoms with van der Waals surface area (Å²) in [6.45, 7) is 4.54. The maximum atomic E-state index is 11.9. The van der Waals surface area contributed by atoms with Gasteiger partial charge in [0.15, 0.2) is 0 Å². The van der Waals surface area contributed by atoms with Crippen LogP contribution in [0.4, 0.5) is 10.5 Å². The van der Waals surface area contributed by atoms with Crippen molar-refractivity contribution in [3.63, 3.8) is 0 Å². The fourth-order valence-corrected chi connectivity index (χ4v) is 3.82. The molecule has 0 unspecified atom stereocenters. The molecule has 22 heavy (non-hydrogen) atoms. The lowest BCUT2D eigenvalue weighted by molar-refractivity contribution is -0.129. The normalized spacial score (nSPS) is 25.7. The summed E-state index contributed by atoms with van der Waals surface area (Å²) >= 11 is 0. The molecule has 2 heterocycles. The van der Waals surface area contributed by atoms with Crippen molar-refractivity contribution in [1.82, 2.24) is 10.2 Å². The number of benzene rings is 1. The molecule has 1 fully saturated rings. The van der Waals surface area contributed by atoms with E-state index in [1.807, 2.05) is 24.1 Å². The fraction of sp³-hybridized carbons (Fsp3) is 0.500. The molecule has 0 saturated carbocycles. The van der Waals surface area contributed by atoms with E-state index in [1.54, 1.807) is 13.0 Å². The standard InChI is InChI=1S/C16H21N3O3/c1-10(20)19-8-7-16(2)12-9-11(22-15(21)17-3)5-6-13(12)18(4)14(16)19/h5-6,9,14H,7-8H2,1-4H3,(H,17,21)/t14-,16-/m0/s1. The number of carbonyl (C=O) groups excluding carboxylic acids is 2. The molecule has 0 aromatic heterocycles. The van der Waals surface area contributed by atoms with Gasteiger partial charge in [0, 0.05) is 38.7 Å². The van der Waals surface area contributed by atoms with Gasteiger partial charge in [-0.25, -0.2) is 4.79 Å². The topological polar surface area (TPSA) is 61.9 Å². The first-order valence-corrected chi connectivity index (χ1v) is 7.42. The zero-order valence-corrected chi connectivity index (χ0v) is 13.3. The predicted molar refractivity (Wildman–Crippen MR) is 83.1 cm³/mol. The van der Waals surface area contributed by atoms with Crippen LogP contribution in [0.2, 0.25) is 0 Å². The van der Waals surface area contributed by atoms with E-state index in [2.05, 4.69) is 17.1 Å². The smallest absolute Gasteiger partial charge is 0.410 e. The van der Waals surface area contributed by atoms with Crippen molar-refractivity contribution in [3.05, 3.63) is 23.8 Å². The van der Waals surface area contributed by atoms with Crippen LogP contribution in [0, 0.1) is 0 Å². The molecule has 1 saturated heterocycles. The Labute approximate surface area is 130 Å². The summed E-state index contributed by atoms with van der Waals surface area (Å²) in [5.41, 5.74) is 2.07. The van der Waals surface area contributed by atoms with Crippen molar-refractivity contribution in [2.24, 2.45) is 0 Å². The first kappa shape index (κ1) is 14.7. The van der Waals surface area contributed by atoms with Gasteiger partial charge in [-0.1, -0.05) is 6.92 Å². The molecular formula is C16H21N3O3. The lowest BCUT2D eigenvalue weighted by Crippen LogP contribution is -2.48. The van der Waals surface area contributed by atoms with E-state index in [1.165, 1.54) is 7.05 Å². The summed E-state index contributed by atoms with van der Waals surface area (Å²) in [6.07, 6.45) is 0.443. The molecule has 2 amide bonds. The summed E-state index contributed by atoms with van der Waals surface area (Å²) in [5.74, 6) is 0.616. The number of likely N-dealkylation sites (N-methyl/N-ethyl adjacent to an activating group) is 1. The van der Waals surface area contributed by atoms with Gasteiger partial charge in [0.05, 0.1) is 0 Å². The van der Waals surface area contributed by atoms with Gasteiger partial charge in [0.25, 0.3) is 0 Å². The lowest BCUT2D eigenvalue weighted by Gasteiger charge is -2.34. The van der Waals surface area contributed by atoms with Crippen LogP contribution in [0.15, 0.2) is 18.2 Å². The highest BCUT2D eigenvalue weighted by atomic mass is 16.5. The molecule has 0 aliphatic carbocycles. The molecule has 2 aliphatic heterocycles. The quantitative estimate of drug-likeness (QED) is 0.857. The lowest BCUT2D eigenvalue weighted by atomic mass is 9.81. The molecule has 0 spiro atoms. The number of nitrogens with zero attached hydrogens (tertiary/aromatic N) is 2. The van der Waals surface area contributed by atoms with E-state index >= 15 is 0 Å². The molecule has 2 aliphatic rings. The molecule has 6 heteroatoms. The Hall–Kier alpha value is -2.24. The van der Waals surface area contributed by atoms with Crippen LogP contribution in [0.25, 0.3) is 0 Å². The van der Waals surface area contributed by atoms with Gasteiger partial charge in [-0.2, -0.15) is 0 Å². The van der Waals surface area contributed by atoms with Gasteiger partial charge in [0.2, 0.25) is 5.91 Å². The molecule has 1 aromatic carbocycles. The van der Waals surface area contributed by atoms with Gasteiger partial charge >= 0.3 is 6.09 Å². The van der Waals surface area contributed by atoms with E-state index in [0.29, 0.717) is 5.75 Å². The number of amides is 2. The van der Waals surface area contributed by atoms with Gasteiger partial charge < -0.3 is 19.9 Å². The predicted octanol–water partition coefficient (Wildman–Crippen LogP) is 1.69. The van der Waals surface area contributed by atoms with Gasteiger partial charge in [-0.05, 0) is 30.2 Å². The molecule has 3 rings (SSSR count). The van der Waals surface area contributed by atoms with E-state index in [0.717, 1.165) is 24.2 Å². The number of likely N-dealkylation sites (tertiary alicyclic amines) is 1. The Morgan fingerprint density at radius 1 is 1.41 bits per heavy atom. The largest absolute Gasteiger partial charge is 0.412 e. The van der Waals surface area contributed by atoms with Crippen LogP contribution in [0.5, 0.6) is 5.75 Å². The zero-order chi connectivity index (χ0) is 16.1. The Morgan fingerprint density at radius 2 is 2.14 bits per heavy atom. The maximum Gasteiger partial charge on any atom is 0.412 e. The minimum Gasteiger partial charge on any atom is -0.410 e. The summed E-state index contributed by atoms with van der Waals surface area (Å²) < 4.78 is 5.24. The van der Waals surface area contributed by atoms with Crippen molar-refractivity contribution >= 4 is 17.7 Å². The first-order chi connectivity index (χ1) is 10.4. The third-order valence-corrected chi connectivity index (χ3v) is 4.89. The summed E-state index contributed by atoms with van der Waals surface area (Å²) in [6, 6.07) is 5.66. The average Bonchev–Trinajstić information content (AvgIpc) is 2.93. The highest BCUT2D eigenvalue weighted by Crippen LogP contribution is 2.52. The van der Waals surface area contributed by atoms with Crippen molar-refractivity contribution in [2.75, 3.05) is 25.5 Å². The van der Waals surface area contributed by atoms with Crippen LogP contribution < -0.4 is 15.0 Å². The second-order valence-corrected chi connectivity index (χ2v) is 6.18. The monoisotopic (exact) mass is 303 g/mol. The summed E-state index contributed by atoms with van der Waals surface area (Å²) in [4.78, 5) is 27.4. The number of rotatable bonds is 1. The Morgan fingerprint density at radius 3 is 2.77 bits per heavy atom. The molecule has 0 bridgehead atoms. The van der Waals surface area contributed by atoms with Crippen LogP contribution in [0.1, 0.15) is 25.8 Å². The van der Waals surface area contributed by atoms with Crippen LogP contribution in [0.3, 0.4) is 0 Å². The third kappa shape index (κ3) is 1.94. The van der Waals surface area contributed by atoms with Crippen molar-refractivity contribution in [2.45, 2.75) is 31.8 Å². The Bertz CT molecular complexity index is 646. The van der Waals surface area contributed by atoms with E-state index in [-0.39, 0.29) is 17.5 Å². The van der Waals surface area contributed by atoms with Crippen LogP contribution >= 0.6 is 0 Å². The molecule has 1 N–H and O–H groups in total. The van der Waals surface area contributed by atoms with Crippen molar-refractivity contribution in [3.8, 4) is 5.75 Å². The SMILES string of the molecule is CNC(=O)Oc1ccc2c(c1)[C@]1(C)CCN(C(C)=O)[C@@H]1N2C. The number of ether oxygens (including phenoxy) is 1. The first-order valence-electron chi connectivity index (χ1n) is 7.42. The third-order valence-electron chi connectivity index (χ3n) is 4.89. The zero-order valence-electron chi connectivity index (χ0n) is 13.3. The molecule has 118 valence electrons. The highest BCUT2D eigenvalue weighted by molar-refractivity contribution is 5.78. The second-order valence-electron chi connectivity index (χ2n) is 6.18. The van der Waals surface area contributed by atoms with Crippen molar-refractivity contribution < 1.29 is 14.3 Å². The van der Waals surface area contributed by atoms with E-state index in [4.69, 9.17) is 4.74 Å². The van der Waals surface area contributed by atoms with Gasteiger partial charge in [-0.15, -0.1) is 0 Å². The fourth-order valence-electron chi connectivity index (χ4n) is 3.82. The van der Waals surface area contributed by atoms with Crippen LogP contribution in [-0.4, -0.2) is 43.7 Å². The van der Waals surface area contributed by atoms with Gasteiger partial charge in [-0.3, -0.25) is 4.79 Å². The van der Waals surface area contributed by atoms with Crippen LogP contribution in [-0.2, 0) is 10.2 Å². The van der Waals surface area contributed by atoms with Gasteiger partial charge in [0.1, 0.15) is 11.9 Å². The summed E-state index contributed by atoms with van der Waals surface area (Å²) in [5, 5.41) is 2.44.